The molecular weight excluding hydrogens is 461 g/mol. The van der Waals surface area contributed by atoms with Crippen molar-refractivity contribution in [1.82, 2.24) is 4.98 Å². The highest BCUT2D eigenvalue weighted by atomic mass is 31.2. The number of esters is 2. The lowest BCUT2D eigenvalue weighted by Crippen LogP contribution is -2.12. The second kappa shape index (κ2) is 16.6. The summed E-state index contributed by atoms with van der Waals surface area (Å²) in [4.78, 5) is 47.0. The summed E-state index contributed by atoms with van der Waals surface area (Å²) in [5.41, 5.74) is 0.815. The number of carbonyl (C=O) groups excluding carboxylic acids is 2. The number of aromatic nitrogens is 1. The number of pyridine rings is 1. The minimum atomic E-state index is -4.89. The van der Waals surface area contributed by atoms with Gasteiger partial charge < -0.3 is 14.0 Å². The maximum atomic E-state index is 12.2. The largest absolute Gasteiger partial charge is 0.524 e. The zero-order chi connectivity index (χ0) is 25.4. The number of nitrogens with zero attached hydrogens (tertiary/aromatic N) is 1. The van der Waals surface area contributed by atoms with E-state index in [9.17, 15) is 23.9 Å². The van der Waals surface area contributed by atoms with Gasteiger partial charge in [-0.05, 0) is 19.8 Å². The van der Waals surface area contributed by atoms with Crippen molar-refractivity contribution in [3.8, 4) is 5.75 Å². The molecule has 194 valence electrons. The van der Waals surface area contributed by atoms with Crippen molar-refractivity contribution >= 4 is 19.8 Å². The molecule has 1 rings (SSSR count). The van der Waals surface area contributed by atoms with Crippen LogP contribution >= 0.6 is 7.82 Å². The second-order valence-corrected chi connectivity index (χ2v) is 9.57. The van der Waals surface area contributed by atoms with Gasteiger partial charge in [0, 0.05) is 30.2 Å². The average Bonchev–Trinajstić information content (AvgIpc) is 2.77. The van der Waals surface area contributed by atoms with Crippen LogP contribution in [0.15, 0.2) is 6.20 Å². The van der Waals surface area contributed by atoms with E-state index in [4.69, 9.17) is 14.0 Å². The highest BCUT2D eigenvalue weighted by Crippen LogP contribution is 2.41. The first-order chi connectivity index (χ1) is 16.2. The molecule has 0 radical (unpaired) electrons. The molecule has 0 amide bonds. The fraction of sp³-hybridized carbons (Fsp3) is 0.708. The van der Waals surface area contributed by atoms with E-state index >= 15 is 0 Å². The number of unbranched alkanes of at least 4 members (excludes halogenated alkanes) is 8. The number of phosphoric ester groups is 1. The third kappa shape index (κ3) is 13.1. The highest BCUT2D eigenvalue weighted by Gasteiger charge is 2.24. The zero-order valence-electron chi connectivity index (χ0n) is 20.7. The fourth-order valence-corrected chi connectivity index (χ4v) is 3.88. The summed E-state index contributed by atoms with van der Waals surface area (Å²) in [7, 11) is -4.89. The van der Waals surface area contributed by atoms with Crippen molar-refractivity contribution in [1.29, 1.82) is 0 Å². The fourth-order valence-electron chi connectivity index (χ4n) is 3.40. The first kappa shape index (κ1) is 30.1. The Hall–Kier alpha value is -1.96. The van der Waals surface area contributed by atoms with Crippen LogP contribution in [0.3, 0.4) is 0 Å². The first-order valence-corrected chi connectivity index (χ1v) is 13.7. The predicted octanol–water partition coefficient (Wildman–Crippen LogP) is 5.67. The number of hydrogen-bond donors (Lipinski definition) is 2. The van der Waals surface area contributed by atoms with Crippen LogP contribution in [0.25, 0.3) is 0 Å². The quantitative estimate of drug-likeness (QED) is 0.148. The number of rotatable bonds is 18. The molecule has 0 aliphatic carbocycles. The predicted molar refractivity (Wildman–Crippen MR) is 128 cm³/mol. The molecule has 0 saturated carbocycles. The molecule has 0 spiro atoms. The van der Waals surface area contributed by atoms with Gasteiger partial charge in [-0.15, -0.1) is 0 Å². The van der Waals surface area contributed by atoms with Gasteiger partial charge in [-0.25, -0.2) is 4.57 Å². The van der Waals surface area contributed by atoms with E-state index in [-0.39, 0.29) is 49.0 Å². The molecule has 1 heterocycles. The Morgan fingerprint density at radius 1 is 0.853 bits per heavy atom. The Labute approximate surface area is 202 Å². The molecule has 0 aromatic carbocycles. The molecule has 34 heavy (non-hydrogen) atoms. The van der Waals surface area contributed by atoms with Crippen LogP contribution in [-0.2, 0) is 36.8 Å². The van der Waals surface area contributed by atoms with Gasteiger partial charge in [0.05, 0.1) is 5.69 Å². The summed E-state index contributed by atoms with van der Waals surface area (Å²) in [5.74, 6) is -0.954. The van der Waals surface area contributed by atoms with Gasteiger partial charge in [-0.1, -0.05) is 65.2 Å². The number of phosphoric acid groups is 1. The summed E-state index contributed by atoms with van der Waals surface area (Å²) in [5, 5.41) is 0. The van der Waals surface area contributed by atoms with Crippen LogP contribution < -0.4 is 4.52 Å². The van der Waals surface area contributed by atoms with Crippen molar-refractivity contribution in [2.24, 2.45) is 0 Å². The van der Waals surface area contributed by atoms with Crippen molar-refractivity contribution in [3.05, 3.63) is 23.0 Å². The smallest absolute Gasteiger partial charge is 0.461 e. The number of carbonyl (C=O) groups is 2. The highest BCUT2D eigenvalue weighted by molar-refractivity contribution is 7.46. The molecule has 2 N–H and O–H groups in total. The molecule has 1 aromatic heterocycles. The molecule has 1 aromatic rings. The van der Waals surface area contributed by atoms with Crippen molar-refractivity contribution in [2.45, 2.75) is 111 Å². The summed E-state index contributed by atoms with van der Waals surface area (Å²) in [6.07, 6.45) is 11.9. The van der Waals surface area contributed by atoms with E-state index in [0.29, 0.717) is 12.0 Å². The molecule has 9 nitrogen and oxygen atoms in total. The maximum Gasteiger partial charge on any atom is 0.524 e. The summed E-state index contributed by atoms with van der Waals surface area (Å²) in [6, 6.07) is 0. The van der Waals surface area contributed by atoms with Crippen molar-refractivity contribution < 1.29 is 37.9 Å². The molecule has 0 saturated heterocycles. The van der Waals surface area contributed by atoms with Crippen LogP contribution in [0.1, 0.15) is 108 Å². The van der Waals surface area contributed by atoms with Gasteiger partial charge in [-0.2, -0.15) is 0 Å². The minimum absolute atomic E-state index is 0.164. The van der Waals surface area contributed by atoms with Gasteiger partial charge in [-0.3, -0.25) is 24.4 Å². The summed E-state index contributed by atoms with van der Waals surface area (Å²) in [6.45, 7) is 5.33. The topological polar surface area (TPSA) is 132 Å². The number of aryl methyl sites for hydroxylation is 1. The maximum absolute atomic E-state index is 12.2. The molecular formula is C24H40NO8P. The van der Waals surface area contributed by atoms with E-state index in [2.05, 4.69) is 18.8 Å². The third-order valence-electron chi connectivity index (χ3n) is 5.35. The van der Waals surface area contributed by atoms with E-state index < -0.39 is 13.8 Å². The Morgan fingerprint density at radius 3 is 1.85 bits per heavy atom. The molecule has 0 atom stereocenters. The minimum Gasteiger partial charge on any atom is -0.461 e. The van der Waals surface area contributed by atoms with Crippen molar-refractivity contribution in [3.63, 3.8) is 0 Å². The Bertz CT molecular complexity index is 808. The Balaban J connectivity index is 2.81. The molecule has 0 aliphatic heterocycles. The van der Waals surface area contributed by atoms with E-state index in [1.165, 1.54) is 13.1 Å². The Morgan fingerprint density at radius 2 is 1.35 bits per heavy atom. The van der Waals surface area contributed by atoms with Gasteiger partial charge >= 0.3 is 19.8 Å². The normalized spacial score (nSPS) is 11.3. The van der Waals surface area contributed by atoms with Crippen LogP contribution in [-0.4, -0.2) is 26.7 Å². The number of ether oxygens (including phenoxy) is 2. The second-order valence-electron chi connectivity index (χ2n) is 8.41. The first-order valence-electron chi connectivity index (χ1n) is 12.2. The number of hydrogen-bond acceptors (Lipinski definition) is 7. The van der Waals surface area contributed by atoms with Crippen LogP contribution in [0.2, 0.25) is 0 Å². The lowest BCUT2D eigenvalue weighted by Gasteiger charge is -2.17. The van der Waals surface area contributed by atoms with Crippen LogP contribution in [0.4, 0.5) is 0 Å². The van der Waals surface area contributed by atoms with E-state index in [0.717, 1.165) is 57.8 Å². The van der Waals surface area contributed by atoms with Gasteiger partial charge in [0.25, 0.3) is 0 Å². The molecule has 0 bridgehead atoms. The van der Waals surface area contributed by atoms with Crippen LogP contribution in [0, 0.1) is 6.92 Å². The molecule has 0 unspecified atom stereocenters. The van der Waals surface area contributed by atoms with Crippen molar-refractivity contribution in [2.75, 3.05) is 0 Å². The molecule has 10 heteroatoms. The van der Waals surface area contributed by atoms with E-state index in [1.807, 2.05) is 0 Å². The van der Waals surface area contributed by atoms with Crippen LogP contribution in [0.5, 0.6) is 5.75 Å². The SMILES string of the molecule is CCCCCCCC(=O)OCc1cnc(C)c(OP(=O)(O)O)c1COC(=O)CCCCCCC. The summed E-state index contributed by atoms with van der Waals surface area (Å²) >= 11 is 0. The standard InChI is InChI=1S/C24H40NO8P/c1-4-6-8-10-12-14-22(26)31-17-20-16-25-19(3)24(33-34(28,29)30)21(20)18-32-23(27)15-13-11-9-7-5-2/h16H,4-15,17-18H2,1-3H3,(H2,28,29,30). The average molecular weight is 502 g/mol. The monoisotopic (exact) mass is 501 g/mol. The Kier molecular flexibility index (Phi) is 14.7. The zero-order valence-corrected chi connectivity index (χ0v) is 21.6. The molecule has 0 aliphatic rings. The van der Waals surface area contributed by atoms with E-state index in [1.54, 1.807) is 0 Å². The molecule has 0 fully saturated rings. The lowest BCUT2D eigenvalue weighted by atomic mass is 10.1. The third-order valence-corrected chi connectivity index (χ3v) is 5.77. The van der Waals surface area contributed by atoms with Gasteiger partial charge in [0.1, 0.15) is 13.2 Å². The van der Waals surface area contributed by atoms with Gasteiger partial charge in [0.15, 0.2) is 5.75 Å². The summed E-state index contributed by atoms with van der Waals surface area (Å²) < 4.78 is 27.0. The van der Waals surface area contributed by atoms with Gasteiger partial charge in [0.2, 0.25) is 0 Å². The lowest BCUT2D eigenvalue weighted by molar-refractivity contribution is -0.146.